The zero-order chi connectivity index (χ0) is 40.3. The molecule has 10 aromatic carbocycles. The monoisotopic (exact) mass is 795 g/mol. The van der Waals surface area contributed by atoms with Gasteiger partial charge in [0.05, 0.1) is 11.4 Å². The molecule has 3 heteroatoms. The summed E-state index contributed by atoms with van der Waals surface area (Å²) in [6.45, 7) is 0. The van der Waals surface area contributed by atoms with Crippen LogP contribution in [0.5, 0.6) is 0 Å². The number of nitrogens with zero attached hydrogens (tertiary/aromatic N) is 1. The van der Waals surface area contributed by atoms with Crippen molar-refractivity contribution in [3.63, 3.8) is 0 Å². The van der Waals surface area contributed by atoms with E-state index in [1.807, 2.05) is 23.5 Å². The average Bonchev–Trinajstić information content (AvgIpc) is 3.90. The highest BCUT2D eigenvalue weighted by Crippen LogP contribution is 2.48. The van der Waals surface area contributed by atoms with Crippen LogP contribution >= 0.6 is 11.3 Å². The van der Waals surface area contributed by atoms with E-state index in [9.17, 15) is 0 Å². The smallest absolute Gasteiger partial charge is 0.143 e. The van der Waals surface area contributed by atoms with Gasteiger partial charge in [0, 0.05) is 53.3 Å². The minimum absolute atomic E-state index is 0.902. The molecule has 2 aromatic heterocycles. The molecule has 286 valence electrons. The molecule has 12 aromatic rings. The van der Waals surface area contributed by atoms with Gasteiger partial charge in [0.2, 0.25) is 0 Å². The third-order valence-corrected chi connectivity index (χ3v) is 13.2. The molecule has 0 unspecified atom stereocenters. The Morgan fingerprint density at radius 3 is 1.75 bits per heavy atom. The number of para-hydroxylation sites is 4. The topological polar surface area (TPSA) is 16.4 Å². The van der Waals surface area contributed by atoms with Crippen LogP contribution in [0.2, 0.25) is 0 Å². The summed E-state index contributed by atoms with van der Waals surface area (Å²) in [4.78, 5) is 2.45. The highest BCUT2D eigenvalue weighted by molar-refractivity contribution is 7.25. The summed E-state index contributed by atoms with van der Waals surface area (Å²) in [7, 11) is 0. The number of rotatable bonds is 7. The van der Waals surface area contributed by atoms with Crippen LogP contribution in [0.4, 0.5) is 17.1 Å². The number of anilines is 3. The number of thiophene rings is 1. The zero-order valence-corrected chi connectivity index (χ0v) is 33.9. The van der Waals surface area contributed by atoms with Gasteiger partial charge in [0.25, 0.3) is 0 Å². The van der Waals surface area contributed by atoms with Gasteiger partial charge in [-0.2, -0.15) is 0 Å². The van der Waals surface area contributed by atoms with E-state index in [1.165, 1.54) is 53.2 Å². The van der Waals surface area contributed by atoms with Gasteiger partial charge in [-0.3, -0.25) is 0 Å². The van der Waals surface area contributed by atoms with Gasteiger partial charge >= 0.3 is 0 Å². The van der Waals surface area contributed by atoms with Crippen molar-refractivity contribution in [2.24, 2.45) is 0 Å². The van der Waals surface area contributed by atoms with Gasteiger partial charge in [-0.1, -0.05) is 176 Å². The van der Waals surface area contributed by atoms with Gasteiger partial charge in [-0.15, -0.1) is 11.3 Å². The second-order valence-electron chi connectivity index (χ2n) is 15.6. The molecule has 2 heterocycles. The van der Waals surface area contributed by atoms with Crippen molar-refractivity contribution in [3.05, 3.63) is 224 Å². The molecular formula is C58H37NOS. The first kappa shape index (κ1) is 35.2. The predicted octanol–water partition coefficient (Wildman–Crippen LogP) is 17.2. The summed E-state index contributed by atoms with van der Waals surface area (Å²) < 4.78 is 9.09. The first-order valence-corrected chi connectivity index (χ1v) is 21.6. The van der Waals surface area contributed by atoms with Gasteiger partial charge in [0.1, 0.15) is 11.2 Å². The fourth-order valence-corrected chi connectivity index (χ4v) is 10.3. The molecule has 0 aliphatic heterocycles. The lowest BCUT2D eigenvalue weighted by Gasteiger charge is -2.30. The molecule has 0 N–H and O–H groups in total. The summed E-state index contributed by atoms with van der Waals surface area (Å²) in [5.41, 5.74) is 14.3. The zero-order valence-electron chi connectivity index (χ0n) is 33.1. The lowest BCUT2D eigenvalue weighted by molar-refractivity contribution is 0.670. The van der Waals surface area contributed by atoms with Crippen molar-refractivity contribution in [1.82, 2.24) is 0 Å². The maximum absolute atomic E-state index is 6.50. The van der Waals surface area contributed by atoms with Crippen LogP contribution in [-0.2, 0) is 0 Å². The molecule has 61 heavy (non-hydrogen) atoms. The molecule has 12 rings (SSSR count). The van der Waals surface area contributed by atoms with E-state index in [0.717, 1.165) is 61.3 Å². The Morgan fingerprint density at radius 1 is 0.328 bits per heavy atom. The molecule has 0 amide bonds. The van der Waals surface area contributed by atoms with E-state index in [0.29, 0.717) is 0 Å². The Kier molecular flexibility index (Phi) is 8.39. The van der Waals surface area contributed by atoms with Crippen molar-refractivity contribution < 1.29 is 4.42 Å². The lowest BCUT2D eigenvalue weighted by Crippen LogP contribution is -2.12. The third-order valence-electron chi connectivity index (χ3n) is 12.1. The average molecular weight is 796 g/mol. The molecule has 0 fully saturated rings. The molecule has 0 radical (unpaired) electrons. The Hall–Kier alpha value is -7.72. The summed E-state index contributed by atoms with van der Waals surface area (Å²) in [5.74, 6) is 0. The van der Waals surface area contributed by atoms with Gasteiger partial charge < -0.3 is 9.32 Å². The van der Waals surface area contributed by atoms with Crippen molar-refractivity contribution in [1.29, 1.82) is 0 Å². The number of benzene rings is 10. The molecule has 0 aliphatic rings. The minimum atomic E-state index is 0.902. The number of fused-ring (bicyclic) bond motifs is 7. The molecule has 0 atom stereocenters. The SMILES string of the molecule is c1ccc(-c2ccccc2N(c2ccc(-c3cccc4c3oc3ccccc34)cc2)c2ccccc2-c2ccc3c(c2)sc2ccccc23)c(-c2ccc3ccccc3c2)c1. The number of furan rings is 1. The minimum Gasteiger partial charge on any atom is -0.455 e. The summed E-state index contributed by atoms with van der Waals surface area (Å²) >= 11 is 1.86. The van der Waals surface area contributed by atoms with Gasteiger partial charge in [-0.25, -0.2) is 0 Å². The van der Waals surface area contributed by atoms with Crippen LogP contribution in [0.25, 0.3) is 97.4 Å². The third kappa shape index (κ3) is 6.01. The van der Waals surface area contributed by atoms with E-state index in [-0.39, 0.29) is 0 Å². The van der Waals surface area contributed by atoms with E-state index in [1.54, 1.807) is 0 Å². The Labute approximate surface area is 357 Å². The maximum Gasteiger partial charge on any atom is 0.143 e. The fourth-order valence-electron chi connectivity index (χ4n) is 9.20. The molecule has 0 aliphatic carbocycles. The van der Waals surface area contributed by atoms with Crippen LogP contribution in [-0.4, -0.2) is 0 Å². The standard InChI is InChI=1S/C58H37NOS/c1-2-15-40-36-41(29-28-38(40)14-1)44-16-3-4-18-47(44)48-19-6-10-25-54(48)59(43-33-30-39(31-34-43)46-22-13-23-52-49-20-7-11-26-55(49)60-58(46)52)53-24-9-5-17-45(53)42-32-35-51-50-21-8-12-27-56(50)61-57(51)37-42/h1-37H. The molecule has 0 saturated heterocycles. The summed E-state index contributed by atoms with van der Waals surface area (Å²) in [5, 5.41) is 7.33. The van der Waals surface area contributed by atoms with Crippen LogP contribution in [0.1, 0.15) is 0 Å². The van der Waals surface area contributed by atoms with Crippen molar-refractivity contribution in [2.45, 2.75) is 0 Å². The summed E-state index contributed by atoms with van der Waals surface area (Å²) in [6, 6.07) is 81.3. The molecular weight excluding hydrogens is 759 g/mol. The lowest BCUT2D eigenvalue weighted by atomic mass is 9.91. The molecule has 0 bridgehead atoms. The van der Waals surface area contributed by atoms with Gasteiger partial charge in [0.15, 0.2) is 0 Å². The van der Waals surface area contributed by atoms with Gasteiger partial charge in [-0.05, 0) is 87.1 Å². The summed E-state index contributed by atoms with van der Waals surface area (Å²) in [6.07, 6.45) is 0. The Morgan fingerprint density at radius 2 is 0.902 bits per heavy atom. The predicted molar refractivity (Wildman–Crippen MR) is 261 cm³/mol. The van der Waals surface area contributed by atoms with E-state index in [4.69, 9.17) is 4.42 Å². The Balaban J connectivity index is 1.05. The highest BCUT2D eigenvalue weighted by atomic mass is 32.1. The van der Waals surface area contributed by atoms with Crippen molar-refractivity contribution in [2.75, 3.05) is 4.90 Å². The largest absolute Gasteiger partial charge is 0.455 e. The maximum atomic E-state index is 6.50. The molecule has 0 saturated carbocycles. The number of hydrogen-bond donors (Lipinski definition) is 0. The highest BCUT2D eigenvalue weighted by Gasteiger charge is 2.23. The second kappa shape index (κ2) is 14.5. The van der Waals surface area contributed by atoms with Crippen molar-refractivity contribution >= 4 is 81.3 Å². The Bertz CT molecular complexity index is 3610. The van der Waals surface area contributed by atoms with E-state index < -0.39 is 0 Å². The second-order valence-corrected chi connectivity index (χ2v) is 16.7. The van der Waals surface area contributed by atoms with E-state index in [2.05, 4.69) is 217 Å². The van der Waals surface area contributed by atoms with Crippen LogP contribution in [0.3, 0.4) is 0 Å². The van der Waals surface area contributed by atoms with Crippen molar-refractivity contribution in [3.8, 4) is 44.5 Å². The fraction of sp³-hybridized carbons (Fsp3) is 0. The first-order valence-electron chi connectivity index (χ1n) is 20.7. The molecule has 0 spiro atoms. The van der Waals surface area contributed by atoms with Crippen LogP contribution in [0.15, 0.2) is 229 Å². The first-order chi connectivity index (χ1) is 30.2. The van der Waals surface area contributed by atoms with Crippen LogP contribution in [0, 0.1) is 0 Å². The quantitative estimate of drug-likeness (QED) is 0.160. The normalized spacial score (nSPS) is 11.6. The molecule has 2 nitrogen and oxygen atoms in total. The van der Waals surface area contributed by atoms with E-state index >= 15 is 0 Å². The number of hydrogen-bond acceptors (Lipinski definition) is 3. The van der Waals surface area contributed by atoms with Crippen LogP contribution < -0.4 is 4.90 Å².